The van der Waals surface area contributed by atoms with Gasteiger partial charge in [0.1, 0.15) is 11.6 Å². The molecule has 1 N–H and O–H groups in total. The Morgan fingerprint density at radius 3 is 2.18 bits per heavy atom. The molecule has 5 heteroatoms. The van der Waals surface area contributed by atoms with Crippen molar-refractivity contribution in [2.75, 3.05) is 5.75 Å². The number of thioether (sulfide) groups is 1. The number of carbonyl (C=O) groups excluding carboxylic acids is 1. The molecule has 0 aliphatic carbocycles. The van der Waals surface area contributed by atoms with Gasteiger partial charge in [-0.15, -0.1) is 11.8 Å². The summed E-state index contributed by atoms with van der Waals surface area (Å²) in [5.74, 6) is -0.00669. The van der Waals surface area contributed by atoms with Crippen LogP contribution >= 0.6 is 11.8 Å². The molecule has 2 nitrogen and oxygen atoms in total. The molecule has 0 aliphatic heterocycles. The maximum Gasteiger partial charge on any atom is 0.221 e. The first-order valence-electron chi connectivity index (χ1n) is 6.98. The van der Waals surface area contributed by atoms with Crippen LogP contribution in [0.15, 0.2) is 53.4 Å². The van der Waals surface area contributed by atoms with Crippen molar-refractivity contribution in [2.24, 2.45) is 0 Å². The number of carbonyl (C=O) groups is 1. The fourth-order valence-electron chi connectivity index (χ4n) is 1.94. The standard InChI is InChI=1S/C17H17F2NOS/c1-12(13-2-4-14(18)5-3-13)20-17(21)10-11-22-16-8-6-15(19)7-9-16/h2-9,12H,10-11H2,1H3,(H,20,21). The average molecular weight is 321 g/mol. The van der Waals surface area contributed by atoms with Gasteiger partial charge in [0.15, 0.2) is 0 Å². The van der Waals surface area contributed by atoms with E-state index in [9.17, 15) is 13.6 Å². The van der Waals surface area contributed by atoms with E-state index in [4.69, 9.17) is 0 Å². The van der Waals surface area contributed by atoms with Crippen LogP contribution in [0.2, 0.25) is 0 Å². The zero-order chi connectivity index (χ0) is 15.9. The Kier molecular flexibility index (Phi) is 5.95. The molecule has 0 saturated carbocycles. The zero-order valence-electron chi connectivity index (χ0n) is 12.2. The summed E-state index contributed by atoms with van der Waals surface area (Å²) in [7, 11) is 0. The van der Waals surface area contributed by atoms with Crippen molar-refractivity contribution in [1.82, 2.24) is 5.32 Å². The van der Waals surface area contributed by atoms with E-state index in [1.54, 1.807) is 24.3 Å². The van der Waals surface area contributed by atoms with Crippen LogP contribution in [0.25, 0.3) is 0 Å². The lowest BCUT2D eigenvalue weighted by atomic mass is 10.1. The van der Waals surface area contributed by atoms with Gasteiger partial charge in [0, 0.05) is 17.1 Å². The van der Waals surface area contributed by atoms with E-state index < -0.39 is 0 Å². The third-order valence-corrected chi connectivity index (χ3v) is 4.17. The van der Waals surface area contributed by atoms with Crippen LogP contribution in [0.3, 0.4) is 0 Å². The predicted octanol–water partition coefficient (Wildman–Crippen LogP) is 4.32. The number of halogens is 2. The summed E-state index contributed by atoms with van der Waals surface area (Å²) in [6.07, 6.45) is 0.369. The minimum Gasteiger partial charge on any atom is -0.350 e. The van der Waals surface area contributed by atoms with Crippen LogP contribution < -0.4 is 5.32 Å². The van der Waals surface area contributed by atoms with Gasteiger partial charge >= 0.3 is 0 Å². The molecule has 0 fully saturated rings. The van der Waals surface area contributed by atoms with E-state index in [1.807, 2.05) is 6.92 Å². The lowest BCUT2D eigenvalue weighted by molar-refractivity contribution is -0.121. The van der Waals surface area contributed by atoms with E-state index in [0.29, 0.717) is 12.2 Å². The number of hydrogen-bond acceptors (Lipinski definition) is 2. The fourth-order valence-corrected chi connectivity index (χ4v) is 2.79. The molecular weight excluding hydrogens is 304 g/mol. The summed E-state index contributed by atoms with van der Waals surface area (Å²) in [4.78, 5) is 12.8. The first-order chi connectivity index (χ1) is 10.5. The first kappa shape index (κ1) is 16.5. The molecule has 2 aromatic rings. The quantitative estimate of drug-likeness (QED) is 0.803. The summed E-state index contributed by atoms with van der Waals surface area (Å²) in [6.45, 7) is 1.86. The second-order valence-corrected chi connectivity index (χ2v) is 6.06. The molecule has 0 heterocycles. The largest absolute Gasteiger partial charge is 0.350 e. The number of rotatable bonds is 6. The number of hydrogen-bond donors (Lipinski definition) is 1. The van der Waals surface area contributed by atoms with Gasteiger partial charge in [-0.1, -0.05) is 12.1 Å². The van der Waals surface area contributed by atoms with Gasteiger partial charge in [-0.2, -0.15) is 0 Å². The van der Waals surface area contributed by atoms with Crippen LogP contribution in [-0.4, -0.2) is 11.7 Å². The molecule has 0 aliphatic rings. The SMILES string of the molecule is CC(NC(=O)CCSc1ccc(F)cc1)c1ccc(F)cc1. The second kappa shape index (κ2) is 7.94. The molecule has 0 saturated heterocycles. The first-order valence-corrected chi connectivity index (χ1v) is 7.96. The van der Waals surface area contributed by atoms with Crippen LogP contribution in [0, 0.1) is 11.6 Å². The molecule has 1 unspecified atom stereocenters. The van der Waals surface area contributed by atoms with Gasteiger partial charge in [0.2, 0.25) is 5.91 Å². The zero-order valence-corrected chi connectivity index (χ0v) is 13.0. The Hall–Kier alpha value is -1.88. The van der Waals surface area contributed by atoms with Crippen molar-refractivity contribution in [3.8, 4) is 0 Å². The highest BCUT2D eigenvalue weighted by molar-refractivity contribution is 7.99. The molecule has 22 heavy (non-hydrogen) atoms. The molecule has 2 rings (SSSR count). The van der Waals surface area contributed by atoms with E-state index in [1.165, 1.54) is 36.0 Å². The molecule has 116 valence electrons. The van der Waals surface area contributed by atoms with Gasteiger partial charge < -0.3 is 5.32 Å². The van der Waals surface area contributed by atoms with E-state index in [2.05, 4.69) is 5.32 Å². The van der Waals surface area contributed by atoms with Gasteiger partial charge in [0.25, 0.3) is 0 Å². The summed E-state index contributed by atoms with van der Waals surface area (Å²) in [5.41, 5.74) is 0.862. The van der Waals surface area contributed by atoms with Crippen LogP contribution in [0.1, 0.15) is 24.9 Å². The van der Waals surface area contributed by atoms with E-state index >= 15 is 0 Å². The monoisotopic (exact) mass is 321 g/mol. The summed E-state index contributed by atoms with van der Waals surface area (Å²) in [5, 5.41) is 2.88. The van der Waals surface area contributed by atoms with Gasteiger partial charge in [-0.25, -0.2) is 8.78 Å². The normalized spacial score (nSPS) is 12.0. The van der Waals surface area contributed by atoms with Crippen molar-refractivity contribution < 1.29 is 13.6 Å². The molecular formula is C17H17F2NOS. The second-order valence-electron chi connectivity index (χ2n) is 4.89. The summed E-state index contributed by atoms with van der Waals surface area (Å²) >= 11 is 1.51. The fraction of sp³-hybridized carbons (Fsp3) is 0.235. The van der Waals surface area contributed by atoms with E-state index in [0.717, 1.165) is 10.5 Å². The van der Waals surface area contributed by atoms with Gasteiger partial charge in [0.05, 0.1) is 6.04 Å². The highest BCUT2D eigenvalue weighted by Gasteiger charge is 2.09. The highest BCUT2D eigenvalue weighted by atomic mass is 32.2. The topological polar surface area (TPSA) is 29.1 Å². The molecule has 0 aromatic heterocycles. The molecule has 0 radical (unpaired) electrons. The third kappa shape index (κ3) is 5.15. The number of amides is 1. The number of benzene rings is 2. The van der Waals surface area contributed by atoms with Crippen LogP contribution in [0.5, 0.6) is 0 Å². The Bertz CT molecular complexity index is 614. The Balaban J connectivity index is 1.75. The van der Waals surface area contributed by atoms with E-state index in [-0.39, 0.29) is 23.6 Å². The molecule has 0 spiro atoms. The Morgan fingerprint density at radius 2 is 1.59 bits per heavy atom. The van der Waals surface area contributed by atoms with Crippen LogP contribution in [-0.2, 0) is 4.79 Å². The van der Waals surface area contributed by atoms with Gasteiger partial charge in [-0.3, -0.25) is 4.79 Å². The average Bonchev–Trinajstić information content (AvgIpc) is 2.50. The predicted molar refractivity (Wildman–Crippen MR) is 84.7 cm³/mol. The van der Waals surface area contributed by atoms with Crippen molar-refractivity contribution in [1.29, 1.82) is 0 Å². The minimum atomic E-state index is -0.294. The maximum atomic E-state index is 12.9. The lowest BCUT2D eigenvalue weighted by Crippen LogP contribution is -2.26. The molecule has 0 bridgehead atoms. The smallest absolute Gasteiger partial charge is 0.221 e. The molecule has 1 amide bonds. The van der Waals surface area contributed by atoms with Crippen molar-refractivity contribution >= 4 is 17.7 Å². The Morgan fingerprint density at radius 1 is 1.05 bits per heavy atom. The maximum absolute atomic E-state index is 12.9. The van der Waals surface area contributed by atoms with Gasteiger partial charge in [-0.05, 0) is 48.9 Å². The van der Waals surface area contributed by atoms with Crippen LogP contribution in [0.4, 0.5) is 8.78 Å². The number of nitrogens with one attached hydrogen (secondary N) is 1. The Labute approximate surface area is 132 Å². The molecule has 1 atom stereocenters. The summed E-state index contributed by atoms with van der Waals surface area (Å²) < 4.78 is 25.6. The third-order valence-electron chi connectivity index (χ3n) is 3.16. The minimum absolute atomic E-state index is 0.0635. The highest BCUT2D eigenvalue weighted by Crippen LogP contribution is 2.19. The van der Waals surface area contributed by atoms with Crippen molar-refractivity contribution in [3.63, 3.8) is 0 Å². The lowest BCUT2D eigenvalue weighted by Gasteiger charge is -2.14. The summed E-state index contributed by atoms with van der Waals surface area (Å²) in [6, 6.07) is 12.1. The van der Waals surface area contributed by atoms with Crippen molar-refractivity contribution in [3.05, 3.63) is 65.7 Å². The van der Waals surface area contributed by atoms with Crippen molar-refractivity contribution in [2.45, 2.75) is 24.3 Å². The molecule has 2 aromatic carbocycles.